The second-order valence-electron chi connectivity index (χ2n) is 6.36. The molecule has 0 amide bonds. The van der Waals surface area contributed by atoms with Crippen LogP contribution in [-0.2, 0) is 0 Å². The minimum atomic E-state index is -0.190. The summed E-state index contributed by atoms with van der Waals surface area (Å²) >= 11 is 3.27. The lowest BCUT2D eigenvalue weighted by Gasteiger charge is -2.11. The summed E-state index contributed by atoms with van der Waals surface area (Å²) in [5, 5.41) is 1.00. The lowest BCUT2D eigenvalue weighted by atomic mass is 10.0. The number of hydrogen-bond donors (Lipinski definition) is 1. The lowest BCUT2D eigenvalue weighted by molar-refractivity contribution is 1.21. The molecule has 0 unspecified atom stereocenters. The molecule has 2 aromatic carbocycles. The Labute approximate surface area is 168 Å². The maximum atomic E-state index is 12.6. The van der Waals surface area contributed by atoms with Crippen molar-refractivity contribution in [3.63, 3.8) is 0 Å². The van der Waals surface area contributed by atoms with E-state index in [0.29, 0.717) is 27.0 Å². The van der Waals surface area contributed by atoms with E-state index in [1.165, 1.54) is 0 Å². The number of benzene rings is 2. The number of aromatic nitrogens is 4. The first-order valence-electron chi connectivity index (χ1n) is 8.70. The van der Waals surface area contributed by atoms with Gasteiger partial charge in [-0.15, -0.1) is 0 Å². The summed E-state index contributed by atoms with van der Waals surface area (Å²) in [4.78, 5) is 29.5. The van der Waals surface area contributed by atoms with Crippen LogP contribution in [-0.4, -0.2) is 19.9 Å². The Morgan fingerprint density at radius 1 is 0.857 bits per heavy atom. The Hall–Kier alpha value is -3.38. The van der Waals surface area contributed by atoms with Gasteiger partial charge in [-0.05, 0) is 34.1 Å². The Bertz CT molecular complexity index is 1400. The number of hydrogen-bond acceptors (Lipinski definition) is 4. The third-order valence-corrected chi connectivity index (χ3v) is 5.18. The molecule has 0 saturated heterocycles. The first kappa shape index (κ1) is 16.8. The van der Waals surface area contributed by atoms with Crippen molar-refractivity contribution < 1.29 is 0 Å². The topological polar surface area (TPSA) is 71.5 Å². The molecule has 134 valence electrons. The van der Waals surface area contributed by atoms with E-state index in [9.17, 15) is 4.79 Å². The van der Waals surface area contributed by atoms with Gasteiger partial charge in [0.05, 0.1) is 21.4 Å². The molecule has 5 aromatic rings. The van der Waals surface area contributed by atoms with Crippen LogP contribution in [0.1, 0.15) is 0 Å². The zero-order valence-electron chi connectivity index (χ0n) is 14.6. The summed E-state index contributed by atoms with van der Waals surface area (Å²) in [7, 11) is 0. The van der Waals surface area contributed by atoms with Crippen LogP contribution in [0, 0.1) is 0 Å². The molecule has 0 spiro atoms. The predicted molar refractivity (Wildman–Crippen MR) is 114 cm³/mol. The normalized spacial score (nSPS) is 11.2. The summed E-state index contributed by atoms with van der Waals surface area (Å²) in [6.45, 7) is 0. The highest BCUT2D eigenvalue weighted by atomic mass is 79.9. The average molecular weight is 429 g/mol. The Morgan fingerprint density at radius 3 is 2.54 bits per heavy atom. The van der Waals surface area contributed by atoms with Crippen LogP contribution in [0.5, 0.6) is 0 Å². The minimum absolute atomic E-state index is 0.190. The SMILES string of the molecule is O=c1c(Br)c[nH]c2nc(-c3ccccc3)c(-c3ccc4ncccc4c3)nc12. The van der Waals surface area contributed by atoms with Gasteiger partial charge in [-0.2, -0.15) is 0 Å². The molecule has 6 heteroatoms. The van der Waals surface area contributed by atoms with E-state index in [2.05, 4.69) is 25.9 Å². The maximum absolute atomic E-state index is 12.6. The number of pyridine rings is 2. The maximum Gasteiger partial charge on any atom is 0.223 e. The van der Waals surface area contributed by atoms with Gasteiger partial charge in [0.2, 0.25) is 5.43 Å². The van der Waals surface area contributed by atoms with Crippen molar-refractivity contribution >= 4 is 38.0 Å². The van der Waals surface area contributed by atoms with Crippen molar-refractivity contribution in [2.24, 2.45) is 0 Å². The van der Waals surface area contributed by atoms with E-state index < -0.39 is 0 Å². The summed E-state index contributed by atoms with van der Waals surface area (Å²) in [5.74, 6) is 0. The fourth-order valence-corrected chi connectivity index (χ4v) is 3.53. The molecular formula is C22H13BrN4O. The number of H-pyrrole nitrogens is 1. The van der Waals surface area contributed by atoms with E-state index in [1.54, 1.807) is 12.4 Å². The largest absolute Gasteiger partial charge is 0.343 e. The highest BCUT2D eigenvalue weighted by molar-refractivity contribution is 9.10. The van der Waals surface area contributed by atoms with Crippen molar-refractivity contribution in [1.29, 1.82) is 0 Å². The molecule has 0 aliphatic rings. The molecule has 3 aromatic heterocycles. The number of nitrogens with one attached hydrogen (secondary N) is 1. The average Bonchev–Trinajstić information content (AvgIpc) is 2.76. The molecule has 3 heterocycles. The van der Waals surface area contributed by atoms with Crippen LogP contribution < -0.4 is 5.43 Å². The lowest BCUT2D eigenvalue weighted by Crippen LogP contribution is -2.09. The Kier molecular flexibility index (Phi) is 3.98. The van der Waals surface area contributed by atoms with Gasteiger partial charge in [0, 0.05) is 28.9 Å². The molecule has 0 aliphatic heterocycles. The van der Waals surface area contributed by atoms with Crippen LogP contribution in [0.4, 0.5) is 0 Å². The van der Waals surface area contributed by atoms with Gasteiger partial charge in [0.1, 0.15) is 0 Å². The smallest absolute Gasteiger partial charge is 0.223 e. The second-order valence-corrected chi connectivity index (χ2v) is 7.22. The van der Waals surface area contributed by atoms with Gasteiger partial charge in [-0.1, -0.05) is 42.5 Å². The number of rotatable bonds is 2. The van der Waals surface area contributed by atoms with Crippen LogP contribution in [0.15, 0.2) is 82.3 Å². The zero-order chi connectivity index (χ0) is 19.1. The summed E-state index contributed by atoms with van der Waals surface area (Å²) < 4.78 is 0.426. The fraction of sp³-hybridized carbons (Fsp3) is 0. The summed E-state index contributed by atoms with van der Waals surface area (Å²) in [6, 6.07) is 19.7. The van der Waals surface area contributed by atoms with Gasteiger partial charge < -0.3 is 4.98 Å². The van der Waals surface area contributed by atoms with E-state index in [4.69, 9.17) is 9.97 Å². The van der Waals surface area contributed by atoms with Crippen LogP contribution in [0.3, 0.4) is 0 Å². The van der Waals surface area contributed by atoms with E-state index >= 15 is 0 Å². The van der Waals surface area contributed by atoms with Gasteiger partial charge in [-0.3, -0.25) is 9.78 Å². The van der Waals surface area contributed by atoms with E-state index in [0.717, 1.165) is 22.0 Å². The molecule has 0 saturated carbocycles. The quantitative estimate of drug-likeness (QED) is 0.431. The number of aromatic amines is 1. The Balaban J connectivity index is 1.86. The monoisotopic (exact) mass is 428 g/mol. The van der Waals surface area contributed by atoms with Crippen molar-refractivity contribution in [2.45, 2.75) is 0 Å². The molecule has 0 aliphatic carbocycles. The van der Waals surface area contributed by atoms with Crippen LogP contribution in [0.2, 0.25) is 0 Å². The molecule has 1 N–H and O–H groups in total. The fourth-order valence-electron chi connectivity index (χ4n) is 3.23. The van der Waals surface area contributed by atoms with Gasteiger partial charge >= 0.3 is 0 Å². The van der Waals surface area contributed by atoms with Crippen molar-refractivity contribution in [1.82, 2.24) is 19.9 Å². The molecule has 5 nitrogen and oxygen atoms in total. The molecule has 0 atom stereocenters. The first-order valence-corrected chi connectivity index (χ1v) is 9.49. The van der Waals surface area contributed by atoms with Crippen molar-refractivity contribution in [2.75, 3.05) is 0 Å². The van der Waals surface area contributed by atoms with Crippen molar-refractivity contribution in [3.8, 4) is 22.5 Å². The number of halogens is 1. The molecule has 5 rings (SSSR count). The van der Waals surface area contributed by atoms with Crippen LogP contribution >= 0.6 is 15.9 Å². The van der Waals surface area contributed by atoms with Crippen molar-refractivity contribution in [3.05, 3.63) is 87.8 Å². The van der Waals surface area contributed by atoms with Gasteiger partial charge in [0.25, 0.3) is 0 Å². The standard InChI is InChI=1S/C22H13BrN4O/c23-16-12-25-22-20(21(16)28)26-19(18(27-22)13-5-2-1-3-6-13)15-8-9-17-14(11-15)7-4-10-24-17/h1-12H,(H,25,27,28). The second kappa shape index (κ2) is 6.65. The van der Waals surface area contributed by atoms with Crippen LogP contribution in [0.25, 0.3) is 44.6 Å². The number of fused-ring (bicyclic) bond motifs is 2. The molecule has 0 bridgehead atoms. The van der Waals surface area contributed by atoms with Gasteiger partial charge in [0.15, 0.2) is 11.2 Å². The minimum Gasteiger partial charge on any atom is -0.343 e. The summed E-state index contributed by atoms with van der Waals surface area (Å²) in [6.07, 6.45) is 3.36. The summed E-state index contributed by atoms with van der Waals surface area (Å²) in [5.41, 5.74) is 4.66. The molecule has 28 heavy (non-hydrogen) atoms. The third kappa shape index (κ3) is 2.78. The van der Waals surface area contributed by atoms with E-state index in [-0.39, 0.29) is 5.43 Å². The zero-order valence-corrected chi connectivity index (χ0v) is 16.1. The highest BCUT2D eigenvalue weighted by Crippen LogP contribution is 2.31. The van der Waals surface area contributed by atoms with Gasteiger partial charge in [-0.25, -0.2) is 9.97 Å². The Morgan fingerprint density at radius 2 is 1.68 bits per heavy atom. The predicted octanol–water partition coefficient (Wildman–Crippen LogP) is 4.96. The first-order chi connectivity index (χ1) is 13.7. The molecular weight excluding hydrogens is 416 g/mol. The molecule has 0 fully saturated rings. The number of nitrogens with zero attached hydrogens (tertiary/aromatic N) is 3. The van der Waals surface area contributed by atoms with E-state index in [1.807, 2.05) is 60.7 Å². The highest BCUT2D eigenvalue weighted by Gasteiger charge is 2.16. The third-order valence-electron chi connectivity index (χ3n) is 4.59. The molecule has 0 radical (unpaired) electrons.